The van der Waals surface area contributed by atoms with E-state index < -0.39 is 5.97 Å². The first-order chi connectivity index (χ1) is 7.75. The van der Waals surface area contributed by atoms with E-state index in [1.165, 1.54) is 0 Å². The molecule has 0 saturated carbocycles. The van der Waals surface area contributed by atoms with Gasteiger partial charge in [-0.25, -0.2) is 0 Å². The van der Waals surface area contributed by atoms with Gasteiger partial charge in [0.05, 0.1) is 0 Å². The number of benzene rings is 2. The van der Waals surface area contributed by atoms with Gasteiger partial charge in [0.25, 0.3) is 0 Å². The van der Waals surface area contributed by atoms with Crippen molar-refractivity contribution in [3.8, 4) is 11.1 Å². The summed E-state index contributed by atoms with van der Waals surface area (Å²) in [6.07, 6.45) is -0.0327. The van der Waals surface area contributed by atoms with Crippen LogP contribution in [0.15, 0.2) is 54.6 Å². The van der Waals surface area contributed by atoms with Crippen LogP contribution >= 0.6 is 0 Å². The molecule has 0 N–H and O–H groups in total. The molecule has 0 aliphatic carbocycles. The second kappa shape index (κ2) is 7.09. The summed E-state index contributed by atoms with van der Waals surface area (Å²) in [6, 6.07) is 17.4. The van der Waals surface area contributed by atoms with Gasteiger partial charge in [0, 0.05) is 12.4 Å². The van der Waals surface area contributed by atoms with Gasteiger partial charge in [0.1, 0.15) is 0 Å². The van der Waals surface area contributed by atoms with Crippen molar-refractivity contribution in [1.82, 2.24) is 0 Å². The van der Waals surface area contributed by atoms with Crippen LogP contribution in [0.3, 0.4) is 0 Å². The van der Waals surface area contributed by atoms with Crippen LogP contribution in [0.1, 0.15) is 5.56 Å². The molecule has 0 unspecified atom stereocenters. The molecule has 0 aliphatic heterocycles. The maximum absolute atomic E-state index is 10.4. The number of carbonyl (C=O) groups is 1. The number of hydrogen-bond donors (Lipinski definition) is 0. The molecule has 0 saturated heterocycles. The summed E-state index contributed by atoms with van der Waals surface area (Å²) in [5.74, 6) is -1.05. The first kappa shape index (κ1) is 14.6. The third-order valence-corrected chi connectivity index (χ3v) is 2.41. The standard InChI is InChI=1S/C14H12O2.K/c15-14(16)10-11-6-8-13(9-7-11)12-4-2-1-3-5-12;/h1-9H,10H2,(H,15,16);/q;+1/p-1. The first-order valence-electron chi connectivity index (χ1n) is 5.10. The summed E-state index contributed by atoms with van der Waals surface area (Å²) in [4.78, 5) is 10.4. The Morgan fingerprint density at radius 1 is 0.882 bits per heavy atom. The van der Waals surface area contributed by atoms with E-state index in [4.69, 9.17) is 0 Å². The predicted octanol–water partition coefficient (Wildman–Crippen LogP) is -1.35. The van der Waals surface area contributed by atoms with Crippen LogP contribution < -0.4 is 56.5 Å². The van der Waals surface area contributed by atoms with E-state index in [0.29, 0.717) is 0 Å². The SMILES string of the molecule is O=C([O-])Cc1ccc(-c2ccccc2)cc1.[K+]. The Hall–Kier alpha value is -0.454. The predicted molar refractivity (Wildman–Crippen MR) is 60.6 cm³/mol. The first-order valence-corrected chi connectivity index (χ1v) is 5.10. The van der Waals surface area contributed by atoms with Crippen LogP contribution in [0.25, 0.3) is 11.1 Å². The zero-order valence-corrected chi connectivity index (χ0v) is 12.8. The number of rotatable bonds is 3. The monoisotopic (exact) mass is 250 g/mol. The molecule has 17 heavy (non-hydrogen) atoms. The number of hydrogen-bond acceptors (Lipinski definition) is 2. The van der Waals surface area contributed by atoms with Crippen LogP contribution in [-0.4, -0.2) is 5.97 Å². The molecule has 2 nitrogen and oxygen atoms in total. The van der Waals surface area contributed by atoms with Crippen molar-refractivity contribution < 1.29 is 61.3 Å². The molecule has 0 radical (unpaired) electrons. The van der Waals surface area contributed by atoms with Crippen molar-refractivity contribution in [2.75, 3.05) is 0 Å². The molecular weight excluding hydrogens is 239 g/mol. The van der Waals surface area contributed by atoms with E-state index in [0.717, 1.165) is 16.7 Å². The van der Waals surface area contributed by atoms with Crippen LogP contribution in [0.4, 0.5) is 0 Å². The van der Waals surface area contributed by atoms with Crippen LogP contribution in [0, 0.1) is 0 Å². The van der Waals surface area contributed by atoms with E-state index >= 15 is 0 Å². The molecule has 0 heterocycles. The molecular formula is C14H11KO2. The van der Waals surface area contributed by atoms with Crippen molar-refractivity contribution in [2.24, 2.45) is 0 Å². The minimum Gasteiger partial charge on any atom is -0.550 e. The van der Waals surface area contributed by atoms with Crippen LogP contribution in [0.5, 0.6) is 0 Å². The summed E-state index contributed by atoms with van der Waals surface area (Å²) >= 11 is 0. The summed E-state index contributed by atoms with van der Waals surface area (Å²) in [5.41, 5.74) is 2.98. The van der Waals surface area contributed by atoms with Crippen molar-refractivity contribution in [2.45, 2.75) is 6.42 Å². The Morgan fingerprint density at radius 3 is 1.94 bits per heavy atom. The molecule has 0 amide bonds. The van der Waals surface area contributed by atoms with E-state index in [9.17, 15) is 9.90 Å². The van der Waals surface area contributed by atoms with Gasteiger partial charge >= 0.3 is 51.4 Å². The molecule has 2 aromatic rings. The van der Waals surface area contributed by atoms with Gasteiger partial charge in [-0.15, -0.1) is 0 Å². The Kier molecular flexibility index (Phi) is 6.09. The van der Waals surface area contributed by atoms with Crippen molar-refractivity contribution >= 4 is 5.97 Å². The minimum atomic E-state index is -1.05. The molecule has 0 atom stereocenters. The average Bonchev–Trinajstić information content (AvgIpc) is 2.30. The normalized spacial score (nSPS) is 9.41. The topological polar surface area (TPSA) is 40.1 Å². The van der Waals surface area contributed by atoms with Gasteiger partial charge in [-0.2, -0.15) is 0 Å². The van der Waals surface area contributed by atoms with Gasteiger partial charge in [-0.05, 0) is 16.7 Å². The van der Waals surface area contributed by atoms with Crippen molar-refractivity contribution in [3.05, 3.63) is 60.2 Å². The Bertz CT molecular complexity index is 477. The van der Waals surface area contributed by atoms with Crippen molar-refractivity contribution in [1.29, 1.82) is 0 Å². The molecule has 0 spiro atoms. The van der Waals surface area contributed by atoms with Crippen LogP contribution in [-0.2, 0) is 11.2 Å². The summed E-state index contributed by atoms with van der Waals surface area (Å²) in [7, 11) is 0. The minimum absolute atomic E-state index is 0. The second-order valence-electron chi connectivity index (χ2n) is 3.61. The summed E-state index contributed by atoms with van der Waals surface area (Å²) in [6.45, 7) is 0. The Balaban J connectivity index is 0.00000144. The third-order valence-electron chi connectivity index (χ3n) is 2.41. The molecule has 0 aromatic heterocycles. The van der Waals surface area contributed by atoms with E-state index in [-0.39, 0.29) is 57.8 Å². The molecule has 2 aromatic carbocycles. The largest absolute Gasteiger partial charge is 1.00 e. The summed E-state index contributed by atoms with van der Waals surface area (Å²) in [5, 5.41) is 10.4. The zero-order valence-electron chi connectivity index (χ0n) is 9.72. The number of carbonyl (C=O) groups excluding carboxylic acids is 1. The van der Waals surface area contributed by atoms with Crippen LogP contribution in [0.2, 0.25) is 0 Å². The zero-order chi connectivity index (χ0) is 11.4. The number of aliphatic carboxylic acids is 1. The fourth-order valence-corrected chi connectivity index (χ4v) is 1.61. The molecule has 80 valence electrons. The smallest absolute Gasteiger partial charge is 0.550 e. The Labute approximate surface area is 143 Å². The average molecular weight is 250 g/mol. The van der Waals surface area contributed by atoms with Gasteiger partial charge in [0.15, 0.2) is 0 Å². The quantitative estimate of drug-likeness (QED) is 0.632. The fraction of sp³-hybridized carbons (Fsp3) is 0.0714. The second-order valence-corrected chi connectivity index (χ2v) is 3.61. The number of carboxylic acid groups (broad SMARTS) is 1. The van der Waals surface area contributed by atoms with Gasteiger partial charge < -0.3 is 9.90 Å². The molecule has 2 rings (SSSR count). The molecule has 0 fully saturated rings. The molecule has 0 bridgehead atoms. The maximum atomic E-state index is 10.4. The van der Waals surface area contributed by atoms with Gasteiger partial charge in [-0.3, -0.25) is 0 Å². The Morgan fingerprint density at radius 2 is 1.41 bits per heavy atom. The van der Waals surface area contributed by atoms with E-state index in [2.05, 4.69) is 0 Å². The van der Waals surface area contributed by atoms with Crippen molar-refractivity contribution in [3.63, 3.8) is 0 Å². The maximum Gasteiger partial charge on any atom is 1.00 e. The third kappa shape index (κ3) is 4.37. The summed E-state index contributed by atoms with van der Waals surface area (Å²) < 4.78 is 0. The van der Waals surface area contributed by atoms with E-state index in [1.807, 2.05) is 54.6 Å². The molecule has 0 aliphatic rings. The fourth-order valence-electron chi connectivity index (χ4n) is 1.61. The van der Waals surface area contributed by atoms with E-state index in [1.54, 1.807) is 0 Å². The van der Waals surface area contributed by atoms with Gasteiger partial charge in [0.2, 0.25) is 0 Å². The van der Waals surface area contributed by atoms with Gasteiger partial charge in [-0.1, -0.05) is 54.6 Å². The molecule has 3 heteroatoms. The number of carboxylic acids is 1.